The quantitative estimate of drug-likeness (QED) is 0.00902. The van der Waals surface area contributed by atoms with Gasteiger partial charge in [0.15, 0.2) is 63.9 Å². The highest BCUT2D eigenvalue weighted by atomic mass is 32.2. The van der Waals surface area contributed by atoms with Crippen molar-refractivity contribution < 1.29 is 123 Å². The van der Waals surface area contributed by atoms with E-state index >= 15 is 0 Å². The van der Waals surface area contributed by atoms with E-state index < -0.39 is 119 Å². The first-order valence-corrected chi connectivity index (χ1v) is 56.0. The van der Waals surface area contributed by atoms with Crippen molar-refractivity contribution in [2.75, 3.05) is 56.9 Å². The van der Waals surface area contributed by atoms with Crippen molar-refractivity contribution in [3.8, 4) is 17.2 Å². The second-order valence-electron chi connectivity index (χ2n) is 35.5. The zero-order valence-electron chi connectivity index (χ0n) is 79.3. The van der Waals surface area contributed by atoms with E-state index in [-0.39, 0.29) is 104 Å². The van der Waals surface area contributed by atoms with Gasteiger partial charge in [0.2, 0.25) is 0 Å². The number of esters is 6. The van der Waals surface area contributed by atoms with E-state index in [1.807, 2.05) is 84.9 Å². The number of benzene rings is 9. The zero-order chi connectivity index (χ0) is 101. The van der Waals surface area contributed by atoms with Gasteiger partial charge >= 0.3 is 35.8 Å². The highest BCUT2D eigenvalue weighted by Crippen LogP contribution is 2.60. The Morgan fingerprint density at radius 1 is 0.421 bits per heavy atom. The Morgan fingerprint density at radius 3 is 1.08 bits per heavy atom. The van der Waals surface area contributed by atoms with Crippen molar-refractivity contribution in [3.63, 3.8) is 0 Å². The average Bonchev–Trinajstić information content (AvgIpc) is 1.57. The fourth-order valence-corrected chi connectivity index (χ4v) is 27.6. The van der Waals surface area contributed by atoms with E-state index in [2.05, 4.69) is 219 Å². The van der Waals surface area contributed by atoms with Crippen molar-refractivity contribution >= 4 is 109 Å². The number of hydrogen-bond acceptors (Lipinski definition) is 27. The Bertz CT molecular complexity index is 5880. The van der Waals surface area contributed by atoms with E-state index in [4.69, 9.17) is 32.6 Å². The summed E-state index contributed by atoms with van der Waals surface area (Å²) in [4.78, 5) is 81.0. The minimum absolute atomic E-state index is 0.0357. The first-order valence-electron chi connectivity index (χ1n) is 46.1. The lowest BCUT2D eigenvalue weighted by molar-refractivity contribution is -0.204. The summed E-state index contributed by atoms with van der Waals surface area (Å²) in [5.74, 6) is -0.427. The lowest BCUT2D eigenvalue weighted by Crippen LogP contribution is -2.58. The molecule has 8 fully saturated rings. The summed E-state index contributed by atoms with van der Waals surface area (Å²) in [7, 11) is -17.1. The SMILES string of the molecule is C=C(C)C(=O)OCCS(=O)(=O)[O-].C=C(C)C(=O)OCCS(=O)(=O)[O-].C=C(C)C(=O)OCCS(=O)(=O)[O-].CCC1(OC(=O)COc2ccc([S+](c3ccccc3)c3ccccc3)cc2)CCCCC1.Cc1cc([S+](c2ccccc2)c2ccccc2)cc(C)c1OCC(=O)OC1(C)C2CC3CC(C2)CC1C3.O=C(COc1ccc([S+](c2ccccc2)c2ccccc2)cc1)OC1C2CC3C1OS(=O)(=O)C3C2. The molecule has 7 aliphatic carbocycles. The van der Waals surface area contributed by atoms with Gasteiger partial charge in [0, 0.05) is 40.7 Å². The van der Waals surface area contributed by atoms with Gasteiger partial charge in [0.1, 0.15) is 60.5 Å². The largest absolute Gasteiger partial charge is 0.748 e. The van der Waals surface area contributed by atoms with Gasteiger partial charge in [-0.1, -0.05) is 142 Å². The average molecular weight is 2050 g/mol. The molecule has 1 heterocycles. The second kappa shape index (κ2) is 50.7. The van der Waals surface area contributed by atoms with E-state index in [0.717, 1.165) is 72.1 Å². The first kappa shape index (κ1) is 109. The van der Waals surface area contributed by atoms with Crippen LogP contribution in [-0.2, 0) is 135 Å². The van der Waals surface area contributed by atoms with Crippen LogP contribution in [0.5, 0.6) is 17.2 Å². The van der Waals surface area contributed by atoms with Gasteiger partial charge in [-0.15, -0.1) is 0 Å². The molecule has 0 N–H and O–H groups in total. The Balaban J connectivity index is 0.000000171. The third-order valence-corrected chi connectivity index (χ3v) is 35.4. The molecule has 6 bridgehead atoms. The minimum Gasteiger partial charge on any atom is -0.748 e. The van der Waals surface area contributed by atoms with Crippen LogP contribution < -0.4 is 14.2 Å². The molecule has 17 rings (SSSR count). The van der Waals surface area contributed by atoms with Crippen LogP contribution in [0.25, 0.3) is 0 Å². The van der Waals surface area contributed by atoms with Crippen LogP contribution in [0.2, 0.25) is 0 Å². The molecule has 0 spiro atoms. The number of ether oxygens (including phenoxy) is 9. The predicted molar refractivity (Wildman–Crippen MR) is 529 cm³/mol. The van der Waals surface area contributed by atoms with E-state index in [1.165, 1.54) is 98.5 Å². The molecule has 5 unspecified atom stereocenters. The Hall–Kier alpha value is -10.9. The number of rotatable bonds is 34. The Morgan fingerprint density at radius 2 is 0.743 bits per heavy atom. The maximum absolute atomic E-state index is 13.0. The summed E-state index contributed by atoms with van der Waals surface area (Å²) in [6.45, 7) is 20.9. The fourth-order valence-electron chi connectivity index (χ4n) is 18.4. The molecule has 140 heavy (non-hydrogen) atoms. The topological polar surface area (TPSA) is 400 Å². The zero-order valence-corrected chi connectivity index (χ0v) is 85.1. The summed E-state index contributed by atoms with van der Waals surface area (Å²) < 4.78 is 168. The molecule has 9 aromatic rings. The van der Waals surface area contributed by atoms with Crippen LogP contribution in [0.3, 0.4) is 0 Å². The third kappa shape index (κ3) is 32.1. The highest BCUT2D eigenvalue weighted by Gasteiger charge is 2.65. The van der Waals surface area contributed by atoms with E-state index in [0.29, 0.717) is 29.8 Å². The molecule has 748 valence electrons. The molecule has 5 atom stereocenters. The summed E-state index contributed by atoms with van der Waals surface area (Å²) in [5, 5.41) is -0.432. The molecular formula is C106H120O27S7. The monoisotopic (exact) mass is 2050 g/mol. The van der Waals surface area contributed by atoms with Gasteiger partial charge in [-0.05, 0) is 275 Å². The van der Waals surface area contributed by atoms with Gasteiger partial charge in [-0.2, -0.15) is 8.42 Å². The van der Waals surface area contributed by atoms with Crippen molar-refractivity contribution in [2.45, 2.75) is 205 Å². The van der Waals surface area contributed by atoms with Crippen LogP contribution in [0.1, 0.15) is 129 Å². The normalized spacial score (nSPS) is 20.6. The molecule has 1 aliphatic heterocycles. The maximum Gasteiger partial charge on any atom is 0.344 e. The number of carbonyl (C=O) groups excluding carboxylic acids is 6. The van der Waals surface area contributed by atoms with Crippen molar-refractivity contribution in [2.24, 2.45) is 35.5 Å². The Labute approximate surface area is 830 Å². The number of carbonyl (C=O) groups is 6. The maximum atomic E-state index is 13.0. The third-order valence-electron chi connectivity index (χ3n) is 25.0. The standard InChI is InChI=1S/C33H37O3S.C28H31O3S.C27H25O6S2.3C6H10O5S/c1-22-14-30(37(28-10-6-4-7-11-28)29-12-8-5-9-13-29)15-23(2)32(22)35-21-31(34)36-33(3)26-17-24-16-25(19-26)20-27(33)18-24;1-2-28(20-10-5-11-21-28)31-27(29)22-30-23-16-18-26(19-17-23)32(24-12-6-3-7-13-24)25-14-8-4-9-15-25;28-25(32-26-18-15-23-24(16-18)35(29,30)33-27(23)26)17-31-19-11-13-22(14-12-19)34(20-7-3-1-4-8-20)21-9-5-2-6-10-21;3*1-5(2)6(7)11-3-4-12(8,9)10/h4-15,24-27H,16-21H2,1-3H3;3-4,6-9,12-19H,2,5,10-11,20-22H2,1H3;1-14,18,23-24,26-27H,15-17H2;3*1,3-4H2,2H3,(H,8,9,10)/q3*+1;;;/p-3. The van der Waals surface area contributed by atoms with Gasteiger partial charge < -0.3 is 56.3 Å². The van der Waals surface area contributed by atoms with Crippen molar-refractivity contribution in [3.05, 3.63) is 290 Å². The van der Waals surface area contributed by atoms with E-state index in [9.17, 15) is 76.1 Å². The Kier molecular flexibility index (Phi) is 39.6. The molecule has 1 saturated heterocycles. The van der Waals surface area contributed by atoms with Crippen LogP contribution in [0, 0.1) is 49.4 Å². The lowest BCUT2D eigenvalue weighted by Gasteiger charge is -2.59. The minimum atomic E-state index is -4.30. The molecule has 0 aromatic heterocycles. The number of fused-ring (bicyclic) bond motifs is 1. The van der Waals surface area contributed by atoms with Crippen LogP contribution in [0.4, 0.5) is 0 Å². The second-order valence-corrected chi connectivity index (χ2v) is 47.9. The summed E-state index contributed by atoms with van der Waals surface area (Å²) >= 11 is 0. The first-order chi connectivity index (χ1) is 66.6. The van der Waals surface area contributed by atoms with Crippen molar-refractivity contribution in [1.29, 1.82) is 0 Å². The van der Waals surface area contributed by atoms with Gasteiger partial charge in [0.05, 0.1) is 85.5 Å². The van der Waals surface area contributed by atoms with E-state index in [1.54, 1.807) is 0 Å². The molecule has 34 heteroatoms. The summed E-state index contributed by atoms with van der Waals surface area (Å²) in [6, 6.07) is 83.5. The van der Waals surface area contributed by atoms with Crippen LogP contribution in [0.15, 0.2) is 323 Å². The molecule has 8 aliphatic rings. The van der Waals surface area contributed by atoms with Crippen LogP contribution >= 0.6 is 0 Å². The van der Waals surface area contributed by atoms with Gasteiger partial charge in [-0.25, -0.2) is 54.0 Å². The summed E-state index contributed by atoms with van der Waals surface area (Å²) in [6.07, 6.45) is 12.8. The highest BCUT2D eigenvalue weighted by molar-refractivity contribution is 7.97. The summed E-state index contributed by atoms with van der Waals surface area (Å²) in [5.41, 5.74) is 1.99. The predicted octanol–water partition coefficient (Wildman–Crippen LogP) is 17.5. The molecule has 27 nitrogen and oxygen atoms in total. The van der Waals surface area contributed by atoms with Crippen LogP contribution in [-0.4, -0.2) is 169 Å². The van der Waals surface area contributed by atoms with Gasteiger partial charge in [0.25, 0.3) is 10.1 Å². The molecule has 7 saturated carbocycles. The fraction of sp³-hybridized carbons (Fsp3) is 0.377. The molecular weight excluding hydrogens is 1930 g/mol. The smallest absolute Gasteiger partial charge is 0.344 e. The molecule has 0 radical (unpaired) electrons. The van der Waals surface area contributed by atoms with Crippen molar-refractivity contribution in [1.82, 2.24) is 0 Å². The number of hydrogen-bond donors (Lipinski definition) is 0. The lowest BCUT2D eigenvalue weighted by atomic mass is 9.50. The molecule has 9 aromatic carbocycles. The number of aryl methyl sites for hydroxylation is 2. The van der Waals surface area contributed by atoms with Gasteiger partial charge in [-0.3, -0.25) is 4.18 Å². The molecule has 0 amide bonds.